The molecule has 2 aliphatic rings. The second-order valence-corrected chi connectivity index (χ2v) is 8.03. The van der Waals surface area contributed by atoms with E-state index in [9.17, 15) is 4.79 Å². The highest BCUT2D eigenvalue weighted by Gasteiger charge is 2.35. The molecule has 30 heavy (non-hydrogen) atoms. The highest BCUT2D eigenvalue weighted by Crippen LogP contribution is 2.36. The molecule has 2 aromatic rings. The smallest absolute Gasteiger partial charge is 0.338 e. The Kier molecular flexibility index (Phi) is 6.35. The van der Waals surface area contributed by atoms with E-state index < -0.39 is 0 Å². The van der Waals surface area contributed by atoms with Crippen molar-refractivity contribution in [3.05, 3.63) is 47.4 Å². The fourth-order valence-electron chi connectivity index (χ4n) is 4.14. The van der Waals surface area contributed by atoms with Gasteiger partial charge in [-0.25, -0.2) is 9.48 Å². The van der Waals surface area contributed by atoms with Crippen LogP contribution in [0.1, 0.15) is 70.4 Å². The Balaban J connectivity index is 1.60. The van der Waals surface area contributed by atoms with Gasteiger partial charge in [0.25, 0.3) is 0 Å². The number of hydrogen-bond acceptors (Lipinski definition) is 6. The van der Waals surface area contributed by atoms with E-state index in [4.69, 9.17) is 9.47 Å². The minimum atomic E-state index is -0.385. The molecule has 0 spiro atoms. The summed E-state index contributed by atoms with van der Waals surface area (Å²) in [7, 11) is 0. The molecule has 160 valence electrons. The van der Waals surface area contributed by atoms with E-state index >= 15 is 0 Å². The Bertz CT molecular complexity index is 897. The molecule has 0 radical (unpaired) electrons. The molecule has 0 bridgehead atoms. The summed E-state index contributed by atoms with van der Waals surface area (Å²) in [6.07, 6.45) is 8.95. The highest BCUT2D eigenvalue weighted by atomic mass is 16.5. The summed E-state index contributed by atoms with van der Waals surface area (Å²) in [5, 5.41) is 7.58. The van der Waals surface area contributed by atoms with Gasteiger partial charge in [-0.05, 0) is 56.7 Å². The van der Waals surface area contributed by atoms with Crippen LogP contribution in [0.5, 0.6) is 5.75 Å². The number of esters is 1. The van der Waals surface area contributed by atoms with E-state index in [0.29, 0.717) is 18.1 Å². The first-order chi connectivity index (χ1) is 14.7. The molecule has 1 aromatic carbocycles. The molecule has 1 N–H and O–H groups in total. The Labute approximate surface area is 177 Å². The fourth-order valence-corrected chi connectivity index (χ4v) is 4.14. The van der Waals surface area contributed by atoms with Crippen LogP contribution in [0.15, 0.2) is 41.9 Å². The van der Waals surface area contributed by atoms with Crippen LogP contribution in [0.4, 0.5) is 5.95 Å². The molecular formula is C23H30N4O3. The van der Waals surface area contributed by atoms with Crippen molar-refractivity contribution in [3.8, 4) is 5.75 Å². The number of nitrogens with one attached hydrogen (secondary N) is 1. The van der Waals surface area contributed by atoms with Crippen LogP contribution in [-0.2, 0) is 9.53 Å². The van der Waals surface area contributed by atoms with Gasteiger partial charge in [0.2, 0.25) is 5.95 Å². The molecule has 1 aliphatic carbocycles. The summed E-state index contributed by atoms with van der Waals surface area (Å²) in [5.74, 6) is 1.17. The molecule has 1 fully saturated rings. The summed E-state index contributed by atoms with van der Waals surface area (Å²) < 4.78 is 13.4. The van der Waals surface area contributed by atoms with Crippen molar-refractivity contribution in [1.29, 1.82) is 0 Å². The van der Waals surface area contributed by atoms with Gasteiger partial charge in [0.15, 0.2) is 0 Å². The third-order valence-electron chi connectivity index (χ3n) is 5.80. The largest absolute Gasteiger partial charge is 0.494 e. The quantitative estimate of drug-likeness (QED) is 0.530. The molecule has 0 amide bonds. The van der Waals surface area contributed by atoms with Crippen LogP contribution in [0.3, 0.4) is 0 Å². The molecule has 7 heteroatoms. The zero-order valence-electron chi connectivity index (χ0n) is 17.8. The summed E-state index contributed by atoms with van der Waals surface area (Å²) in [6, 6.07) is 7.49. The molecule has 1 unspecified atom stereocenters. The molecular weight excluding hydrogens is 380 g/mol. The highest BCUT2D eigenvalue weighted by molar-refractivity contribution is 5.92. The SMILES string of the molecule is CCCCOc1ccc(C2C(C(=O)OC3CCCCC3)=C(C)Nc3ncnn32)cc1. The van der Waals surface area contributed by atoms with E-state index in [1.807, 2.05) is 31.2 Å². The van der Waals surface area contributed by atoms with Crippen LogP contribution >= 0.6 is 0 Å². The molecule has 0 saturated heterocycles. The molecule has 1 aliphatic heterocycles. The molecule has 1 saturated carbocycles. The molecule has 4 rings (SSSR count). The Hall–Kier alpha value is -2.83. The Morgan fingerprint density at radius 1 is 1.20 bits per heavy atom. The predicted molar refractivity (Wildman–Crippen MR) is 114 cm³/mol. The molecule has 2 heterocycles. The maximum Gasteiger partial charge on any atom is 0.338 e. The van der Waals surface area contributed by atoms with Gasteiger partial charge < -0.3 is 14.8 Å². The van der Waals surface area contributed by atoms with E-state index in [1.165, 1.54) is 12.7 Å². The average molecular weight is 411 g/mol. The van der Waals surface area contributed by atoms with Gasteiger partial charge in [0.1, 0.15) is 24.2 Å². The van der Waals surface area contributed by atoms with Crippen LogP contribution in [0.2, 0.25) is 0 Å². The Morgan fingerprint density at radius 2 is 1.97 bits per heavy atom. The minimum absolute atomic E-state index is 0.00122. The number of hydrogen-bond donors (Lipinski definition) is 1. The molecule has 1 atom stereocenters. The average Bonchev–Trinajstić information content (AvgIpc) is 3.22. The third-order valence-corrected chi connectivity index (χ3v) is 5.80. The van der Waals surface area contributed by atoms with E-state index in [-0.39, 0.29) is 18.1 Å². The van der Waals surface area contributed by atoms with Crippen molar-refractivity contribution >= 4 is 11.9 Å². The van der Waals surface area contributed by atoms with Crippen molar-refractivity contribution in [2.45, 2.75) is 70.9 Å². The lowest BCUT2D eigenvalue weighted by molar-refractivity contribution is -0.146. The molecule has 1 aromatic heterocycles. The van der Waals surface area contributed by atoms with Gasteiger partial charge in [0, 0.05) is 5.70 Å². The number of allylic oxidation sites excluding steroid dienone is 1. The number of carbonyl (C=O) groups excluding carboxylic acids is 1. The monoisotopic (exact) mass is 410 g/mol. The maximum absolute atomic E-state index is 13.2. The number of fused-ring (bicyclic) bond motifs is 1. The van der Waals surface area contributed by atoms with Crippen molar-refractivity contribution in [3.63, 3.8) is 0 Å². The van der Waals surface area contributed by atoms with Crippen LogP contribution < -0.4 is 10.1 Å². The number of unbranched alkanes of at least 4 members (excludes halogenated alkanes) is 1. The standard InChI is InChI=1S/C23H30N4O3/c1-3-4-14-29-18-12-10-17(11-13-18)21-20(16(2)26-23-24-15-25-27(21)23)22(28)30-19-8-6-5-7-9-19/h10-13,15,19,21H,3-9,14H2,1-2H3,(H,24,25,26). The lowest BCUT2D eigenvalue weighted by Crippen LogP contribution is -2.32. The van der Waals surface area contributed by atoms with E-state index in [0.717, 1.165) is 55.5 Å². The number of anilines is 1. The summed E-state index contributed by atoms with van der Waals surface area (Å²) >= 11 is 0. The van der Waals surface area contributed by atoms with Crippen LogP contribution in [0, 0.1) is 0 Å². The number of nitrogens with zero attached hydrogens (tertiary/aromatic N) is 3. The van der Waals surface area contributed by atoms with E-state index in [1.54, 1.807) is 4.68 Å². The van der Waals surface area contributed by atoms with Gasteiger partial charge in [-0.3, -0.25) is 0 Å². The van der Waals surface area contributed by atoms with Crippen LogP contribution in [-0.4, -0.2) is 33.4 Å². The van der Waals surface area contributed by atoms with Crippen molar-refractivity contribution in [2.24, 2.45) is 0 Å². The number of carbonyl (C=O) groups is 1. The number of aromatic nitrogens is 3. The zero-order chi connectivity index (χ0) is 20.9. The van der Waals surface area contributed by atoms with Gasteiger partial charge in [-0.1, -0.05) is 31.9 Å². The van der Waals surface area contributed by atoms with Gasteiger partial charge in [-0.2, -0.15) is 10.1 Å². The summed E-state index contributed by atoms with van der Waals surface area (Å²) in [5.41, 5.74) is 2.28. The fraction of sp³-hybridized carbons (Fsp3) is 0.522. The lowest BCUT2D eigenvalue weighted by Gasteiger charge is -2.30. The number of benzene rings is 1. The van der Waals surface area contributed by atoms with Gasteiger partial charge >= 0.3 is 5.97 Å². The van der Waals surface area contributed by atoms with E-state index in [2.05, 4.69) is 22.3 Å². The first-order valence-electron chi connectivity index (χ1n) is 11.0. The molecule has 7 nitrogen and oxygen atoms in total. The lowest BCUT2D eigenvalue weighted by atomic mass is 9.95. The Morgan fingerprint density at radius 3 is 2.70 bits per heavy atom. The summed E-state index contributed by atoms with van der Waals surface area (Å²) in [6.45, 7) is 4.74. The topological polar surface area (TPSA) is 78.3 Å². The predicted octanol–water partition coefficient (Wildman–Crippen LogP) is 4.62. The number of ether oxygens (including phenoxy) is 2. The third kappa shape index (κ3) is 4.35. The van der Waals surface area contributed by atoms with Crippen molar-refractivity contribution in [1.82, 2.24) is 14.8 Å². The normalized spacial score (nSPS) is 19.2. The first-order valence-corrected chi connectivity index (χ1v) is 11.0. The maximum atomic E-state index is 13.2. The van der Waals surface area contributed by atoms with Gasteiger partial charge in [-0.15, -0.1) is 0 Å². The zero-order valence-corrected chi connectivity index (χ0v) is 17.8. The number of rotatable bonds is 7. The second kappa shape index (κ2) is 9.32. The van der Waals surface area contributed by atoms with Crippen molar-refractivity contribution in [2.75, 3.05) is 11.9 Å². The summed E-state index contributed by atoms with van der Waals surface area (Å²) in [4.78, 5) is 17.5. The second-order valence-electron chi connectivity index (χ2n) is 8.03. The van der Waals surface area contributed by atoms with Crippen LogP contribution in [0.25, 0.3) is 0 Å². The van der Waals surface area contributed by atoms with Crippen molar-refractivity contribution < 1.29 is 14.3 Å². The van der Waals surface area contributed by atoms with Gasteiger partial charge in [0.05, 0.1) is 12.2 Å². The first kappa shape index (κ1) is 20.4. The minimum Gasteiger partial charge on any atom is -0.494 e.